The summed E-state index contributed by atoms with van der Waals surface area (Å²) in [5.41, 5.74) is 2.18. The van der Waals surface area contributed by atoms with Gasteiger partial charge in [-0.15, -0.1) is 0 Å². The number of carbonyl (C=O) groups excluding carboxylic acids is 2. The molecule has 0 heterocycles. The second kappa shape index (κ2) is 12.7. The van der Waals surface area contributed by atoms with Crippen molar-refractivity contribution in [1.82, 2.24) is 10.2 Å². The Morgan fingerprint density at radius 1 is 0.892 bits per heavy atom. The maximum Gasteiger partial charge on any atom is 0.264 e. The van der Waals surface area contributed by atoms with Crippen molar-refractivity contribution in [2.75, 3.05) is 17.9 Å². The van der Waals surface area contributed by atoms with Crippen LogP contribution in [-0.2, 0) is 32.6 Å². The lowest BCUT2D eigenvalue weighted by Crippen LogP contribution is -2.51. The molecule has 0 aromatic heterocycles. The molecule has 0 saturated heterocycles. The van der Waals surface area contributed by atoms with Crippen LogP contribution >= 0.6 is 11.6 Å². The molecular formula is C28H32ClN3O4S. The van der Waals surface area contributed by atoms with Crippen molar-refractivity contribution in [1.29, 1.82) is 0 Å². The zero-order chi connectivity index (χ0) is 27.0. The Hall–Kier alpha value is -3.36. The molecule has 0 bridgehead atoms. The third-order valence-electron chi connectivity index (χ3n) is 6.14. The van der Waals surface area contributed by atoms with Gasteiger partial charge in [-0.25, -0.2) is 8.42 Å². The van der Waals surface area contributed by atoms with E-state index in [9.17, 15) is 18.0 Å². The van der Waals surface area contributed by atoms with Gasteiger partial charge in [0, 0.05) is 18.6 Å². The molecule has 0 fully saturated rings. The summed E-state index contributed by atoms with van der Waals surface area (Å²) in [6.07, 6.45) is 1.15. The third kappa shape index (κ3) is 6.90. The van der Waals surface area contributed by atoms with Crippen LogP contribution in [0, 0.1) is 0 Å². The summed E-state index contributed by atoms with van der Waals surface area (Å²) >= 11 is 6.02. The maximum absolute atomic E-state index is 13.8. The molecule has 2 amide bonds. The first-order valence-electron chi connectivity index (χ1n) is 12.1. The van der Waals surface area contributed by atoms with E-state index in [0.29, 0.717) is 17.1 Å². The second-order valence-electron chi connectivity index (χ2n) is 8.53. The maximum atomic E-state index is 13.8. The minimum atomic E-state index is -4.07. The first-order chi connectivity index (χ1) is 17.7. The Kier molecular flexibility index (Phi) is 9.72. The smallest absolute Gasteiger partial charge is 0.264 e. The average molecular weight is 542 g/mol. The number of nitrogens with one attached hydrogen (secondary N) is 1. The average Bonchev–Trinajstić information content (AvgIpc) is 2.92. The number of hydrogen-bond acceptors (Lipinski definition) is 4. The van der Waals surface area contributed by atoms with Crippen LogP contribution in [0.4, 0.5) is 5.69 Å². The number of sulfonamides is 1. The normalized spacial score (nSPS) is 12.0. The highest BCUT2D eigenvalue weighted by atomic mass is 35.5. The van der Waals surface area contributed by atoms with Crippen LogP contribution in [0.1, 0.15) is 31.4 Å². The fourth-order valence-corrected chi connectivity index (χ4v) is 5.58. The Balaban J connectivity index is 2.04. The fraction of sp³-hybridized carbons (Fsp3) is 0.286. The van der Waals surface area contributed by atoms with Gasteiger partial charge in [-0.1, -0.05) is 67.9 Å². The largest absolute Gasteiger partial charge is 0.357 e. The number of anilines is 1. The predicted octanol–water partition coefficient (Wildman–Crippen LogP) is 4.65. The number of rotatable bonds is 11. The van der Waals surface area contributed by atoms with Crippen LogP contribution in [0.5, 0.6) is 0 Å². The van der Waals surface area contributed by atoms with E-state index in [1.807, 2.05) is 26.0 Å². The molecule has 7 nitrogen and oxygen atoms in total. The number of amides is 2. The monoisotopic (exact) mass is 541 g/mol. The minimum Gasteiger partial charge on any atom is -0.357 e. The van der Waals surface area contributed by atoms with E-state index in [1.165, 1.54) is 24.1 Å². The topological polar surface area (TPSA) is 86.8 Å². The van der Waals surface area contributed by atoms with Gasteiger partial charge in [0.2, 0.25) is 11.8 Å². The number of nitrogens with zero attached hydrogens (tertiary/aromatic N) is 2. The molecule has 196 valence electrons. The van der Waals surface area contributed by atoms with Crippen molar-refractivity contribution < 1.29 is 18.0 Å². The zero-order valence-corrected chi connectivity index (χ0v) is 22.8. The van der Waals surface area contributed by atoms with Gasteiger partial charge >= 0.3 is 0 Å². The lowest BCUT2D eigenvalue weighted by Gasteiger charge is -2.33. The SMILES string of the molecule is CCc1ccc(N(CC(=O)N(Cc2ccc(Cl)cc2)[C@H](CC)C(=O)NC)S(=O)(=O)c2ccccc2)cc1. The number of hydrogen-bond donors (Lipinski definition) is 1. The highest BCUT2D eigenvalue weighted by molar-refractivity contribution is 7.92. The van der Waals surface area contributed by atoms with E-state index < -0.39 is 28.5 Å². The molecule has 0 aliphatic carbocycles. The number of aryl methyl sites for hydroxylation is 1. The van der Waals surface area contributed by atoms with Gasteiger partial charge in [-0.05, 0) is 60.4 Å². The Labute approximate surface area is 224 Å². The number of carbonyl (C=O) groups is 2. The molecule has 0 aliphatic rings. The zero-order valence-electron chi connectivity index (χ0n) is 21.2. The molecule has 0 spiro atoms. The molecule has 1 atom stereocenters. The van der Waals surface area contributed by atoms with Gasteiger partial charge in [0.25, 0.3) is 10.0 Å². The van der Waals surface area contributed by atoms with Crippen molar-refractivity contribution in [3.05, 3.63) is 95.0 Å². The Morgan fingerprint density at radius 3 is 2.03 bits per heavy atom. The van der Waals surface area contributed by atoms with Crippen molar-refractivity contribution in [2.45, 2.75) is 44.2 Å². The van der Waals surface area contributed by atoms with Gasteiger partial charge in [-0.3, -0.25) is 13.9 Å². The van der Waals surface area contributed by atoms with Crippen LogP contribution in [0.2, 0.25) is 5.02 Å². The summed E-state index contributed by atoms with van der Waals surface area (Å²) in [5, 5.41) is 3.17. The summed E-state index contributed by atoms with van der Waals surface area (Å²) in [6, 6.07) is 21.3. The van der Waals surface area contributed by atoms with Gasteiger partial charge in [0.1, 0.15) is 12.6 Å². The van der Waals surface area contributed by atoms with Crippen LogP contribution in [-0.4, -0.2) is 44.8 Å². The highest BCUT2D eigenvalue weighted by Gasteiger charge is 2.33. The van der Waals surface area contributed by atoms with Gasteiger partial charge in [-0.2, -0.15) is 0 Å². The standard InChI is InChI=1S/C28H32ClN3O4S/c1-4-21-13-17-24(18-14-21)32(37(35,36)25-9-7-6-8-10-25)20-27(33)31(26(5-2)28(34)30-3)19-22-11-15-23(29)16-12-22/h6-18,26H,4-5,19-20H2,1-3H3,(H,30,34)/t26-/m1/s1. The third-order valence-corrected chi connectivity index (χ3v) is 8.18. The van der Waals surface area contributed by atoms with Crippen LogP contribution in [0.15, 0.2) is 83.8 Å². The van der Waals surface area contributed by atoms with Crippen molar-refractivity contribution in [2.24, 2.45) is 0 Å². The van der Waals surface area contributed by atoms with Crippen molar-refractivity contribution in [3.8, 4) is 0 Å². The molecule has 37 heavy (non-hydrogen) atoms. The molecule has 3 rings (SSSR count). The molecule has 1 N–H and O–H groups in total. The van der Waals surface area contributed by atoms with E-state index in [1.54, 1.807) is 54.6 Å². The van der Waals surface area contributed by atoms with Crippen molar-refractivity contribution >= 4 is 39.1 Å². The molecule has 0 radical (unpaired) electrons. The molecule has 0 unspecified atom stereocenters. The quantitative estimate of drug-likeness (QED) is 0.383. The van der Waals surface area contributed by atoms with Crippen LogP contribution < -0.4 is 9.62 Å². The van der Waals surface area contributed by atoms with E-state index >= 15 is 0 Å². The molecular weight excluding hydrogens is 510 g/mol. The molecule has 3 aromatic carbocycles. The first kappa shape index (κ1) is 28.2. The van der Waals surface area contributed by atoms with E-state index in [4.69, 9.17) is 11.6 Å². The summed E-state index contributed by atoms with van der Waals surface area (Å²) < 4.78 is 28.6. The minimum absolute atomic E-state index is 0.0740. The molecule has 0 saturated carbocycles. The molecule has 0 aliphatic heterocycles. The summed E-state index contributed by atoms with van der Waals surface area (Å²) in [6.45, 7) is 3.47. The van der Waals surface area contributed by atoms with Gasteiger partial charge in [0.05, 0.1) is 10.6 Å². The van der Waals surface area contributed by atoms with Gasteiger partial charge < -0.3 is 10.2 Å². The number of benzene rings is 3. The predicted molar refractivity (Wildman–Crippen MR) is 147 cm³/mol. The number of likely N-dealkylation sites (N-methyl/N-ethyl adjacent to an activating group) is 1. The van der Waals surface area contributed by atoms with E-state index in [0.717, 1.165) is 21.9 Å². The van der Waals surface area contributed by atoms with E-state index in [2.05, 4.69) is 5.32 Å². The van der Waals surface area contributed by atoms with E-state index in [-0.39, 0.29) is 17.3 Å². The lowest BCUT2D eigenvalue weighted by molar-refractivity contribution is -0.140. The fourth-order valence-electron chi connectivity index (χ4n) is 4.02. The Morgan fingerprint density at radius 2 is 1.49 bits per heavy atom. The lowest BCUT2D eigenvalue weighted by atomic mass is 10.1. The molecule has 3 aromatic rings. The first-order valence-corrected chi connectivity index (χ1v) is 13.9. The van der Waals surface area contributed by atoms with Gasteiger partial charge in [0.15, 0.2) is 0 Å². The summed E-state index contributed by atoms with van der Waals surface area (Å²) in [5.74, 6) is -0.820. The summed E-state index contributed by atoms with van der Waals surface area (Å²) in [7, 11) is -2.56. The van der Waals surface area contributed by atoms with Crippen LogP contribution in [0.25, 0.3) is 0 Å². The number of halogens is 1. The molecule has 9 heteroatoms. The van der Waals surface area contributed by atoms with Crippen molar-refractivity contribution in [3.63, 3.8) is 0 Å². The second-order valence-corrected chi connectivity index (χ2v) is 10.8. The highest BCUT2D eigenvalue weighted by Crippen LogP contribution is 2.25. The Bertz CT molecular complexity index is 1300. The summed E-state index contributed by atoms with van der Waals surface area (Å²) in [4.78, 5) is 28.1. The van der Waals surface area contributed by atoms with Crippen LogP contribution in [0.3, 0.4) is 0 Å².